The van der Waals surface area contributed by atoms with Crippen molar-refractivity contribution in [3.05, 3.63) is 46.7 Å². The molecule has 0 unspecified atom stereocenters. The van der Waals surface area contributed by atoms with Crippen molar-refractivity contribution in [1.82, 2.24) is 4.57 Å². The molecule has 5 nitrogen and oxygen atoms in total. The number of amides is 1. The van der Waals surface area contributed by atoms with Crippen LogP contribution in [0.5, 0.6) is 0 Å². The van der Waals surface area contributed by atoms with Crippen LogP contribution in [0.15, 0.2) is 30.5 Å². The third kappa shape index (κ3) is 1.90. The Morgan fingerprint density at radius 1 is 1.44 bits per heavy atom. The number of anilines is 1. The highest BCUT2D eigenvalue weighted by Gasteiger charge is 2.16. The van der Waals surface area contributed by atoms with Crippen LogP contribution in [0.2, 0.25) is 5.02 Å². The lowest BCUT2D eigenvalue weighted by Crippen LogP contribution is -2.16. The quantitative estimate of drug-likeness (QED) is 0.804. The van der Waals surface area contributed by atoms with Gasteiger partial charge in [-0.1, -0.05) is 11.6 Å². The number of hydrogen-bond donors (Lipinski definition) is 2. The van der Waals surface area contributed by atoms with Gasteiger partial charge in [-0.15, -0.1) is 0 Å². The summed E-state index contributed by atoms with van der Waals surface area (Å²) in [6.07, 6.45) is 1.63. The van der Waals surface area contributed by atoms with E-state index in [0.29, 0.717) is 17.1 Å². The number of hydrogen-bond acceptors (Lipinski definition) is 3. The average Bonchev–Trinajstić information content (AvgIpc) is 2.75. The van der Waals surface area contributed by atoms with E-state index in [0.717, 1.165) is 0 Å². The number of rotatable bonds is 2. The van der Waals surface area contributed by atoms with Crippen LogP contribution in [0.25, 0.3) is 5.69 Å². The molecule has 18 heavy (non-hydrogen) atoms. The Kier molecular flexibility index (Phi) is 2.96. The van der Waals surface area contributed by atoms with Gasteiger partial charge < -0.3 is 16.0 Å². The second-order valence-corrected chi connectivity index (χ2v) is 4.05. The molecule has 90 valence electrons. The first kappa shape index (κ1) is 12.0. The number of nitriles is 1. The first-order chi connectivity index (χ1) is 8.54. The van der Waals surface area contributed by atoms with Crippen molar-refractivity contribution in [3.63, 3.8) is 0 Å². The molecule has 1 aromatic heterocycles. The van der Waals surface area contributed by atoms with Gasteiger partial charge in [-0.25, -0.2) is 0 Å². The van der Waals surface area contributed by atoms with E-state index < -0.39 is 5.91 Å². The monoisotopic (exact) mass is 260 g/mol. The van der Waals surface area contributed by atoms with Crippen molar-refractivity contribution in [3.8, 4) is 11.8 Å². The van der Waals surface area contributed by atoms with Crippen molar-refractivity contribution in [2.75, 3.05) is 5.73 Å². The van der Waals surface area contributed by atoms with E-state index in [1.807, 2.05) is 6.07 Å². The highest BCUT2D eigenvalue weighted by atomic mass is 35.5. The molecule has 4 N–H and O–H groups in total. The van der Waals surface area contributed by atoms with Gasteiger partial charge in [0.2, 0.25) is 0 Å². The summed E-state index contributed by atoms with van der Waals surface area (Å²) < 4.78 is 1.50. The zero-order valence-corrected chi connectivity index (χ0v) is 9.98. The number of halogens is 1. The largest absolute Gasteiger partial charge is 0.399 e. The van der Waals surface area contributed by atoms with Gasteiger partial charge in [0.05, 0.1) is 16.3 Å². The van der Waals surface area contributed by atoms with Gasteiger partial charge in [-0.05, 0) is 24.3 Å². The van der Waals surface area contributed by atoms with Gasteiger partial charge in [0.1, 0.15) is 11.8 Å². The minimum atomic E-state index is -0.656. The third-order valence-electron chi connectivity index (χ3n) is 2.46. The summed E-state index contributed by atoms with van der Waals surface area (Å²) in [7, 11) is 0. The smallest absolute Gasteiger partial charge is 0.250 e. The fraction of sp³-hybridized carbons (Fsp3) is 0. The van der Waals surface area contributed by atoms with E-state index in [-0.39, 0.29) is 10.6 Å². The number of nitrogen functional groups attached to an aromatic ring is 1. The summed E-state index contributed by atoms with van der Waals surface area (Å²) in [6, 6.07) is 8.23. The van der Waals surface area contributed by atoms with E-state index in [1.54, 1.807) is 18.3 Å². The Bertz CT molecular complexity index is 669. The predicted octanol–water partition coefficient (Wildman–Crippen LogP) is 1.68. The maximum absolute atomic E-state index is 11.4. The van der Waals surface area contributed by atoms with Crippen molar-refractivity contribution >= 4 is 23.2 Å². The molecule has 0 aliphatic rings. The highest BCUT2D eigenvalue weighted by molar-refractivity contribution is 6.33. The van der Waals surface area contributed by atoms with E-state index >= 15 is 0 Å². The summed E-state index contributed by atoms with van der Waals surface area (Å²) in [4.78, 5) is 11.4. The van der Waals surface area contributed by atoms with Crippen LogP contribution in [0.1, 0.15) is 16.1 Å². The topological polar surface area (TPSA) is 97.8 Å². The van der Waals surface area contributed by atoms with Crippen LogP contribution >= 0.6 is 11.6 Å². The van der Waals surface area contributed by atoms with E-state index in [1.165, 1.54) is 16.7 Å². The number of primary amides is 1. The highest BCUT2D eigenvalue weighted by Crippen LogP contribution is 2.28. The lowest BCUT2D eigenvalue weighted by atomic mass is 10.1. The molecule has 0 fully saturated rings. The molecule has 0 atom stereocenters. The number of carbonyl (C=O) groups is 1. The SMILES string of the molecule is N#Cc1cccn1-c1c(Cl)cc(N)cc1C(N)=O. The molecule has 0 bridgehead atoms. The first-order valence-electron chi connectivity index (χ1n) is 5.01. The van der Waals surface area contributed by atoms with Gasteiger partial charge in [0.25, 0.3) is 5.91 Å². The molecule has 0 spiro atoms. The van der Waals surface area contributed by atoms with Crippen LogP contribution in [-0.4, -0.2) is 10.5 Å². The summed E-state index contributed by atoms with van der Waals surface area (Å²) in [5.41, 5.74) is 12.1. The summed E-state index contributed by atoms with van der Waals surface area (Å²) in [6.45, 7) is 0. The van der Waals surface area contributed by atoms with Gasteiger partial charge in [0.15, 0.2) is 0 Å². The van der Waals surface area contributed by atoms with Crippen molar-refractivity contribution in [1.29, 1.82) is 5.26 Å². The molecule has 0 saturated heterocycles. The normalized spacial score (nSPS) is 10.0. The van der Waals surface area contributed by atoms with Crippen LogP contribution in [0.3, 0.4) is 0 Å². The third-order valence-corrected chi connectivity index (χ3v) is 2.74. The molecule has 1 aromatic carbocycles. The van der Waals surface area contributed by atoms with Gasteiger partial charge in [-0.2, -0.15) is 5.26 Å². The molecule has 0 aliphatic carbocycles. The number of nitrogens with zero attached hydrogens (tertiary/aromatic N) is 2. The zero-order chi connectivity index (χ0) is 13.3. The predicted molar refractivity (Wildman–Crippen MR) is 68.4 cm³/mol. The van der Waals surface area contributed by atoms with Crippen LogP contribution < -0.4 is 11.5 Å². The van der Waals surface area contributed by atoms with E-state index in [9.17, 15) is 4.79 Å². The number of carbonyl (C=O) groups excluding carboxylic acids is 1. The maximum Gasteiger partial charge on any atom is 0.250 e. The Morgan fingerprint density at radius 2 is 2.17 bits per heavy atom. The van der Waals surface area contributed by atoms with E-state index in [4.69, 9.17) is 28.3 Å². The van der Waals surface area contributed by atoms with Crippen LogP contribution in [0, 0.1) is 11.3 Å². The van der Waals surface area contributed by atoms with Gasteiger partial charge in [-0.3, -0.25) is 4.79 Å². The Labute approximate surface area is 108 Å². The molecular formula is C12H9ClN4O. The van der Waals surface area contributed by atoms with E-state index in [2.05, 4.69) is 0 Å². The summed E-state index contributed by atoms with van der Waals surface area (Å²) in [5.74, 6) is -0.656. The van der Waals surface area contributed by atoms with Crippen LogP contribution in [-0.2, 0) is 0 Å². The fourth-order valence-electron chi connectivity index (χ4n) is 1.72. The molecule has 2 rings (SSSR count). The molecule has 1 amide bonds. The standard InChI is InChI=1S/C12H9ClN4O/c13-10-5-7(15)4-9(12(16)18)11(10)17-3-1-2-8(17)6-14/h1-5H,15H2,(H2,16,18). The molecular weight excluding hydrogens is 252 g/mol. The summed E-state index contributed by atoms with van der Waals surface area (Å²) >= 11 is 6.08. The summed E-state index contributed by atoms with van der Waals surface area (Å²) in [5, 5.41) is 9.25. The lowest BCUT2D eigenvalue weighted by Gasteiger charge is -2.12. The Morgan fingerprint density at radius 3 is 2.78 bits per heavy atom. The molecule has 0 aliphatic heterocycles. The number of nitrogens with two attached hydrogens (primary N) is 2. The Hall–Kier alpha value is -2.45. The maximum atomic E-state index is 11.4. The molecule has 0 radical (unpaired) electrons. The van der Waals surface area contributed by atoms with Gasteiger partial charge in [0, 0.05) is 11.9 Å². The average molecular weight is 261 g/mol. The molecule has 1 heterocycles. The Balaban J connectivity index is 2.79. The first-order valence-corrected chi connectivity index (χ1v) is 5.39. The van der Waals surface area contributed by atoms with Crippen LogP contribution in [0.4, 0.5) is 5.69 Å². The minimum absolute atomic E-state index is 0.174. The second kappa shape index (κ2) is 4.43. The number of benzene rings is 1. The van der Waals surface area contributed by atoms with Crippen molar-refractivity contribution < 1.29 is 4.79 Å². The van der Waals surface area contributed by atoms with Crippen molar-refractivity contribution in [2.45, 2.75) is 0 Å². The molecule has 6 heteroatoms. The minimum Gasteiger partial charge on any atom is -0.399 e. The molecule has 0 saturated carbocycles. The van der Waals surface area contributed by atoms with Gasteiger partial charge >= 0.3 is 0 Å². The lowest BCUT2D eigenvalue weighted by molar-refractivity contribution is 0.100. The second-order valence-electron chi connectivity index (χ2n) is 3.64. The molecule has 2 aromatic rings. The van der Waals surface area contributed by atoms with Crippen molar-refractivity contribution in [2.24, 2.45) is 5.73 Å². The fourth-order valence-corrected chi connectivity index (χ4v) is 2.04. The number of aromatic nitrogens is 1. The zero-order valence-electron chi connectivity index (χ0n) is 9.22.